The summed E-state index contributed by atoms with van der Waals surface area (Å²) in [4.78, 5) is 16.5. The number of nitrogens with zero attached hydrogens (tertiary/aromatic N) is 3. The van der Waals surface area contributed by atoms with Gasteiger partial charge in [0.1, 0.15) is 5.76 Å². The number of anilines is 2. The van der Waals surface area contributed by atoms with Crippen molar-refractivity contribution in [3.05, 3.63) is 41.0 Å². The molecule has 1 saturated carbocycles. The van der Waals surface area contributed by atoms with Crippen LogP contribution in [0.1, 0.15) is 31.9 Å². The molecule has 3 aromatic rings. The van der Waals surface area contributed by atoms with E-state index in [9.17, 15) is 4.79 Å². The number of urea groups is 1. The van der Waals surface area contributed by atoms with Crippen LogP contribution < -0.4 is 10.6 Å². The molecule has 24 heavy (non-hydrogen) atoms. The fourth-order valence-electron chi connectivity index (χ4n) is 2.92. The number of nitrogens with one attached hydrogen (secondary N) is 2. The third-order valence-corrected chi connectivity index (χ3v) is 5.20. The summed E-state index contributed by atoms with van der Waals surface area (Å²) in [5, 5.41) is 9.42. The number of imidazole rings is 1. The van der Waals surface area contributed by atoms with Gasteiger partial charge in [-0.1, -0.05) is 18.5 Å². The van der Waals surface area contributed by atoms with Crippen molar-refractivity contribution in [1.29, 1.82) is 0 Å². The minimum absolute atomic E-state index is 0.0527. The normalized spacial score (nSPS) is 15.9. The molecule has 0 aliphatic heterocycles. The molecule has 3 heterocycles. The largest absolute Gasteiger partial charge is 0.359 e. The number of halogens is 1. The number of fused-ring (bicyclic) bond motifs is 1. The Bertz CT molecular complexity index is 912. The van der Waals surface area contributed by atoms with Crippen LogP contribution in [0.15, 0.2) is 39.7 Å². The number of amides is 2. The Hall–Kier alpha value is -2.35. The van der Waals surface area contributed by atoms with Crippen LogP contribution in [-0.2, 0) is 5.41 Å². The van der Waals surface area contributed by atoms with Crippen LogP contribution >= 0.6 is 15.9 Å². The molecule has 0 aromatic carbocycles. The average Bonchev–Trinajstić information content (AvgIpc) is 3.17. The molecule has 0 bridgehead atoms. The zero-order valence-electron chi connectivity index (χ0n) is 13.0. The van der Waals surface area contributed by atoms with Gasteiger partial charge >= 0.3 is 6.03 Å². The van der Waals surface area contributed by atoms with Crippen LogP contribution in [-0.4, -0.2) is 20.6 Å². The van der Waals surface area contributed by atoms with Gasteiger partial charge in [0.25, 0.3) is 0 Å². The standard InChI is InChI=1S/C16H16BrN5O2/c1-16(5-2-6-16)11-9-13(21-24-11)20-15(23)19-10-3-4-12(17)22-8-7-18-14(10)22/h3-4,7-9H,2,5-6H2,1H3,(H2,19,20,21,23). The average molecular weight is 390 g/mol. The number of hydrogen-bond donors (Lipinski definition) is 2. The highest BCUT2D eigenvalue weighted by Gasteiger charge is 2.37. The van der Waals surface area contributed by atoms with Crippen molar-refractivity contribution in [3.8, 4) is 0 Å². The highest BCUT2D eigenvalue weighted by Crippen LogP contribution is 2.43. The van der Waals surface area contributed by atoms with Gasteiger partial charge < -0.3 is 9.84 Å². The van der Waals surface area contributed by atoms with Gasteiger partial charge in [0.15, 0.2) is 11.5 Å². The van der Waals surface area contributed by atoms with Crippen LogP contribution in [0.5, 0.6) is 0 Å². The number of carbonyl (C=O) groups is 1. The van der Waals surface area contributed by atoms with E-state index in [-0.39, 0.29) is 11.4 Å². The van der Waals surface area contributed by atoms with Crippen molar-refractivity contribution in [2.24, 2.45) is 0 Å². The smallest absolute Gasteiger partial charge is 0.325 e. The third-order valence-electron chi connectivity index (χ3n) is 4.55. The first kappa shape index (κ1) is 15.2. The number of hydrogen-bond acceptors (Lipinski definition) is 4. The van der Waals surface area contributed by atoms with Crippen LogP contribution in [0, 0.1) is 0 Å². The molecule has 0 radical (unpaired) electrons. The lowest BCUT2D eigenvalue weighted by atomic mass is 9.69. The van der Waals surface area contributed by atoms with E-state index in [1.807, 2.05) is 16.7 Å². The third kappa shape index (κ3) is 2.56. The summed E-state index contributed by atoms with van der Waals surface area (Å²) in [6, 6.07) is 5.04. The summed E-state index contributed by atoms with van der Waals surface area (Å²) in [5.74, 6) is 1.23. The lowest BCUT2D eigenvalue weighted by Gasteiger charge is -2.35. The maximum absolute atomic E-state index is 12.2. The molecule has 2 amide bonds. The van der Waals surface area contributed by atoms with Crippen molar-refractivity contribution >= 4 is 39.1 Å². The molecule has 2 N–H and O–H groups in total. The monoisotopic (exact) mass is 389 g/mol. The van der Waals surface area contributed by atoms with Crippen molar-refractivity contribution < 1.29 is 9.32 Å². The lowest BCUT2D eigenvalue weighted by Crippen LogP contribution is -2.29. The summed E-state index contributed by atoms with van der Waals surface area (Å²) in [6.07, 6.45) is 6.86. The zero-order valence-corrected chi connectivity index (χ0v) is 14.6. The van der Waals surface area contributed by atoms with Crippen molar-refractivity contribution in [2.45, 2.75) is 31.6 Å². The first-order chi connectivity index (χ1) is 11.5. The van der Waals surface area contributed by atoms with Gasteiger partial charge in [-0.15, -0.1) is 0 Å². The molecule has 7 nitrogen and oxygen atoms in total. The van der Waals surface area contributed by atoms with Crippen molar-refractivity contribution in [3.63, 3.8) is 0 Å². The second-order valence-corrected chi connectivity index (χ2v) is 7.07. The molecule has 1 aliphatic carbocycles. The molecular formula is C16H16BrN5O2. The molecule has 0 atom stereocenters. The van der Waals surface area contributed by atoms with Gasteiger partial charge in [-0.2, -0.15) is 0 Å². The molecule has 0 unspecified atom stereocenters. The fraction of sp³-hybridized carbons (Fsp3) is 0.312. The maximum Gasteiger partial charge on any atom is 0.325 e. The van der Waals surface area contributed by atoms with Gasteiger partial charge in [-0.25, -0.2) is 9.78 Å². The molecule has 0 spiro atoms. The summed E-state index contributed by atoms with van der Waals surface area (Å²) >= 11 is 3.44. The van der Waals surface area contributed by atoms with Gasteiger partial charge in [0.2, 0.25) is 0 Å². The van der Waals surface area contributed by atoms with E-state index in [4.69, 9.17) is 4.52 Å². The molecule has 0 saturated heterocycles. The number of pyridine rings is 1. The molecule has 3 aromatic heterocycles. The number of carbonyl (C=O) groups excluding carboxylic acids is 1. The van der Waals surface area contributed by atoms with Crippen LogP contribution in [0.3, 0.4) is 0 Å². The highest BCUT2D eigenvalue weighted by atomic mass is 79.9. The van der Waals surface area contributed by atoms with Crippen LogP contribution in [0.4, 0.5) is 16.3 Å². The first-order valence-corrected chi connectivity index (χ1v) is 8.51. The minimum Gasteiger partial charge on any atom is -0.359 e. The van der Waals surface area contributed by atoms with E-state index < -0.39 is 0 Å². The predicted molar refractivity (Wildman–Crippen MR) is 93.2 cm³/mol. The molecule has 1 aliphatic rings. The van der Waals surface area contributed by atoms with E-state index in [2.05, 4.69) is 43.6 Å². The maximum atomic E-state index is 12.2. The molecule has 4 rings (SSSR count). The van der Waals surface area contributed by atoms with E-state index in [1.165, 1.54) is 6.42 Å². The van der Waals surface area contributed by atoms with Crippen LogP contribution in [0.2, 0.25) is 0 Å². The molecule has 1 fully saturated rings. The molecular weight excluding hydrogens is 374 g/mol. The second-order valence-electron chi connectivity index (χ2n) is 6.26. The summed E-state index contributed by atoms with van der Waals surface area (Å²) in [5.41, 5.74) is 1.31. The van der Waals surface area contributed by atoms with Crippen LogP contribution in [0.25, 0.3) is 5.65 Å². The fourth-order valence-corrected chi connectivity index (χ4v) is 3.34. The number of aromatic nitrogens is 3. The topological polar surface area (TPSA) is 84.5 Å². The molecule has 124 valence electrons. The Kier molecular flexibility index (Phi) is 3.56. The predicted octanol–water partition coefficient (Wildman–Crippen LogP) is 4.17. The summed E-state index contributed by atoms with van der Waals surface area (Å²) in [6.45, 7) is 2.15. The van der Waals surface area contributed by atoms with E-state index in [0.29, 0.717) is 17.2 Å². The van der Waals surface area contributed by atoms with Crippen molar-refractivity contribution in [2.75, 3.05) is 10.6 Å². The summed E-state index contributed by atoms with van der Waals surface area (Å²) in [7, 11) is 0. The first-order valence-electron chi connectivity index (χ1n) is 7.72. The Morgan fingerprint density at radius 2 is 2.21 bits per heavy atom. The summed E-state index contributed by atoms with van der Waals surface area (Å²) < 4.78 is 8.07. The highest BCUT2D eigenvalue weighted by molar-refractivity contribution is 9.10. The Labute approximate surface area is 146 Å². The zero-order chi connectivity index (χ0) is 16.7. The Balaban J connectivity index is 1.48. The minimum atomic E-state index is -0.388. The van der Waals surface area contributed by atoms with Crippen molar-refractivity contribution in [1.82, 2.24) is 14.5 Å². The number of rotatable bonds is 3. The van der Waals surface area contributed by atoms with E-state index >= 15 is 0 Å². The quantitative estimate of drug-likeness (QED) is 0.658. The lowest BCUT2D eigenvalue weighted by molar-refractivity contribution is 0.203. The van der Waals surface area contributed by atoms with Gasteiger partial charge in [0.05, 0.1) is 10.3 Å². The van der Waals surface area contributed by atoms with Gasteiger partial charge in [0, 0.05) is 23.9 Å². The SMILES string of the molecule is CC1(c2cc(NC(=O)Nc3ccc(Br)n4ccnc34)no2)CCC1. The van der Waals surface area contributed by atoms with E-state index in [0.717, 1.165) is 23.2 Å². The Morgan fingerprint density at radius 3 is 2.96 bits per heavy atom. The van der Waals surface area contributed by atoms with E-state index in [1.54, 1.807) is 18.3 Å². The van der Waals surface area contributed by atoms with Gasteiger partial charge in [-0.3, -0.25) is 9.72 Å². The molecule has 8 heteroatoms. The Morgan fingerprint density at radius 1 is 1.38 bits per heavy atom. The van der Waals surface area contributed by atoms with Gasteiger partial charge in [-0.05, 0) is 40.9 Å². The second kappa shape index (κ2) is 5.62.